The summed E-state index contributed by atoms with van der Waals surface area (Å²) in [6.07, 6.45) is 16.0. The van der Waals surface area contributed by atoms with Crippen molar-refractivity contribution < 1.29 is 15.0 Å². The van der Waals surface area contributed by atoms with Crippen LogP contribution in [-0.2, 0) is 4.79 Å². The van der Waals surface area contributed by atoms with Gasteiger partial charge in [-0.1, -0.05) is 91.0 Å². The molecule has 7 atom stereocenters. The highest BCUT2D eigenvalue weighted by Crippen LogP contribution is 2.71. The number of hydrogen-bond acceptors (Lipinski definition) is 2. The number of aliphatic hydroxyl groups excluding tert-OH is 1. The monoisotopic (exact) mass is 484 g/mol. The Hall–Kier alpha value is -1.09. The predicted octanol–water partition coefficient (Wildman–Crippen LogP) is 8.18. The summed E-state index contributed by atoms with van der Waals surface area (Å²) in [7, 11) is 0. The van der Waals surface area contributed by atoms with Crippen molar-refractivity contribution >= 4 is 5.97 Å². The van der Waals surface area contributed by atoms with Crippen LogP contribution >= 0.6 is 0 Å². The van der Waals surface area contributed by atoms with Gasteiger partial charge >= 0.3 is 5.97 Å². The summed E-state index contributed by atoms with van der Waals surface area (Å²) in [5, 5.41) is 20.6. The van der Waals surface area contributed by atoms with Crippen LogP contribution < -0.4 is 0 Å². The molecule has 3 nitrogen and oxygen atoms in total. The molecule has 3 heteroatoms. The van der Waals surface area contributed by atoms with Gasteiger partial charge in [0, 0.05) is 11.8 Å². The van der Waals surface area contributed by atoms with Gasteiger partial charge in [-0.3, -0.25) is 4.79 Å². The van der Waals surface area contributed by atoms with E-state index >= 15 is 0 Å². The van der Waals surface area contributed by atoms with Crippen molar-refractivity contribution in [1.29, 1.82) is 0 Å². The molecule has 1 saturated carbocycles. The van der Waals surface area contributed by atoms with E-state index in [-0.39, 0.29) is 34.2 Å². The molecule has 0 aromatic heterocycles. The Morgan fingerprint density at radius 2 is 1.74 bits per heavy atom. The third kappa shape index (κ3) is 4.16. The number of fused-ring (bicyclic) bond motifs is 4. The fourth-order valence-electron chi connectivity index (χ4n) is 9.66. The van der Waals surface area contributed by atoms with Crippen LogP contribution in [0.3, 0.4) is 0 Å². The number of carboxylic acid groups (broad SMARTS) is 1. The molecule has 198 valence electrons. The molecule has 0 unspecified atom stereocenters. The lowest BCUT2D eigenvalue weighted by atomic mass is 9.42. The average Bonchev–Trinajstić information content (AvgIpc) is 3.08. The van der Waals surface area contributed by atoms with Crippen molar-refractivity contribution in [2.45, 2.75) is 125 Å². The summed E-state index contributed by atoms with van der Waals surface area (Å²) in [5.41, 5.74) is 3.29. The summed E-state index contributed by atoms with van der Waals surface area (Å²) in [4.78, 5) is 11.9. The third-order valence-electron chi connectivity index (χ3n) is 11.8. The molecule has 0 amide bonds. The van der Waals surface area contributed by atoms with Gasteiger partial charge in [0.1, 0.15) is 0 Å². The topological polar surface area (TPSA) is 57.5 Å². The minimum Gasteiger partial charge on any atom is -0.481 e. The van der Waals surface area contributed by atoms with Gasteiger partial charge in [0.25, 0.3) is 0 Å². The van der Waals surface area contributed by atoms with Crippen molar-refractivity contribution in [1.82, 2.24) is 0 Å². The fraction of sp³-hybridized carbons (Fsp3) is 0.844. The zero-order valence-electron chi connectivity index (χ0n) is 23.6. The highest BCUT2D eigenvalue weighted by atomic mass is 16.4. The lowest BCUT2D eigenvalue weighted by Crippen LogP contribution is -2.55. The van der Waals surface area contributed by atoms with E-state index in [2.05, 4.69) is 60.6 Å². The van der Waals surface area contributed by atoms with E-state index in [9.17, 15) is 15.0 Å². The van der Waals surface area contributed by atoms with Gasteiger partial charge in [-0.25, -0.2) is 0 Å². The van der Waals surface area contributed by atoms with Gasteiger partial charge in [-0.2, -0.15) is 0 Å². The van der Waals surface area contributed by atoms with Crippen LogP contribution in [0.2, 0.25) is 0 Å². The quantitative estimate of drug-likeness (QED) is 0.341. The van der Waals surface area contributed by atoms with Crippen molar-refractivity contribution in [3.63, 3.8) is 0 Å². The molecule has 0 bridgehead atoms. The van der Waals surface area contributed by atoms with Crippen LogP contribution in [0.5, 0.6) is 0 Å². The summed E-state index contributed by atoms with van der Waals surface area (Å²) in [6.45, 7) is 16.6. The van der Waals surface area contributed by atoms with Gasteiger partial charge in [-0.15, -0.1) is 0 Å². The zero-order chi connectivity index (χ0) is 25.8. The number of aliphatic hydroxyl groups is 1. The fourth-order valence-corrected chi connectivity index (χ4v) is 9.66. The van der Waals surface area contributed by atoms with Crippen molar-refractivity contribution in [2.24, 2.45) is 45.3 Å². The standard InChI is InChI=1S/C32H52O3/c1-21(2)9-8-10-22(3)23-14-19-32(20-16-28(34)35)25-11-12-26-29(4,5)27(33)15-17-30(26,6)24(25)13-18-31(23,32)7/h14,19,21-23,26-27,33H,8-13,15-18,20H2,1-7H3,(H,34,35)/t22-,23-,26+,27+,30-,31-,32-/m1/s1. The molecule has 4 aliphatic carbocycles. The molecule has 2 N–H and O–H groups in total. The van der Waals surface area contributed by atoms with Crippen molar-refractivity contribution in [3.05, 3.63) is 23.3 Å². The maximum Gasteiger partial charge on any atom is 0.303 e. The first-order chi connectivity index (χ1) is 16.3. The van der Waals surface area contributed by atoms with E-state index in [1.54, 1.807) is 11.1 Å². The molecule has 0 aromatic carbocycles. The molecule has 0 aliphatic heterocycles. The van der Waals surface area contributed by atoms with E-state index in [1.165, 1.54) is 19.3 Å². The summed E-state index contributed by atoms with van der Waals surface area (Å²) >= 11 is 0. The normalized spacial score (nSPS) is 40.9. The summed E-state index contributed by atoms with van der Waals surface area (Å²) in [6, 6.07) is 0. The number of allylic oxidation sites excluding steroid dienone is 4. The van der Waals surface area contributed by atoms with Crippen molar-refractivity contribution in [3.8, 4) is 0 Å². The Bertz CT molecular complexity index is 881. The Morgan fingerprint density at radius 1 is 1.03 bits per heavy atom. The van der Waals surface area contributed by atoms with E-state index in [0.717, 1.165) is 50.9 Å². The smallest absolute Gasteiger partial charge is 0.303 e. The molecule has 0 heterocycles. The highest BCUT2D eigenvalue weighted by molar-refractivity contribution is 5.67. The lowest BCUT2D eigenvalue weighted by Gasteiger charge is -2.62. The van der Waals surface area contributed by atoms with Gasteiger partial charge in [0.15, 0.2) is 0 Å². The molecule has 0 aromatic rings. The Labute approximate surface area is 214 Å². The second-order valence-electron chi connectivity index (χ2n) is 14.3. The lowest BCUT2D eigenvalue weighted by molar-refractivity contribution is -0.138. The number of hydrogen-bond donors (Lipinski definition) is 2. The van der Waals surface area contributed by atoms with E-state index in [0.29, 0.717) is 17.8 Å². The molecule has 0 spiro atoms. The van der Waals surface area contributed by atoms with Gasteiger partial charge in [0.2, 0.25) is 0 Å². The largest absolute Gasteiger partial charge is 0.481 e. The summed E-state index contributed by atoms with van der Waals surface area (Å²) < 4.78 is 0. The van der Waals surface area contributed by atoms with Gasteiger partial charge in [0.05, 0.1) is 6.10 Å². The number of carboxylic acids is 1. The number of aliphatic carboxylic acids is 1. The van der Waals surface area contributed by atoms with Crippen molar-refractivity contribution in [2.75, 3.05) is 0 Å². The Morgan fingerprint density at radius 3 is 2.40 bits per heavy atom. The van der Waals surface area contributed by atoms with Crippen LogP contribution in [0.1, 0.15) is 119 Å². The molecular formula is C32H52O3. The van der Waals surface area contributed by atoms with E-state index < -0.39 is 5.97 Å². The van der Waals surface area contributed by atoms with Gasteiger partial charge in [-0.05, 0) is 84.9 Å². The first-order valence-electron chi connectivity index (χ1n) is 14.6. The minimum atomic E-state index is -0.668. The maximum absolute atomic E-state index is 11.9. The molecular weight excluding hydrogens is 432 g/mol. The van der Waals surface area contributed by atoms with E-state index in [4.69, 9.17) is 0 Å². The molecule has 1 fully saturated rings. The average molecular weight is 485 g/mol. The third-order valence-corrected chi connectivity index (χ3v) is 11.8. The van der Waals surface area contributed by atoms with Crippen LogP contribution in [0.4, 0.5) is 0 Å². The molecule has 0 saturated heterocycles. The highest BCUT2D eigenvalue weighted by Gasteiger charge is 2.63. The molecule has 4 rings (SSSR count). The van der Waals surface area contributed by atoms with Crippen LogP contribution in [0.15, 0.2) is 23.3 Å². The molecule has 35 heavy (non-hydrogen) atoms. The second-order valence-corrected chi connectivity index (χ2v) is 14.3. The van der Waals surface area contributed by atoms with Crippen LogP contribution in [0, 0.1) is 45.3 Å². The first kappa shape index (κ1) is 27.0. The SMILES string of the molecule is CC(C)CCC[C@@H](C)[C@H]1C=C[C@@]2(CCC(=O)O)C3=C(CC[C@]12C)[C@@]1(C)CC[C@H](O)C(C)(C)[C@@H]1CC3. The maximum atomic E-state index is 11.9. The zero-order valence-corrected chi connectivity index (χ0v) is 23.6. The minimum absolute atomic E-state index is 0.0700. The Kier molecular flexibility index (Phi) is 7.19. The second kappa shape index (κ2) is 9.34. The Balaban J connectivity index is 1.73. The number of carbonyl (C=O) groups is 1. The number of rotatable bonds is 8. The van der Waals surface area contributed by atoms with Crippen LogP contribution in [0.25, 0.3) is 0 Å². The van der Waals surface area contributed by atoms with E-state index in [1.807, 2.05) is 0 Å². The first-order valence-corrected chi connectivity index (χ1v) is 14.6. The van der Waals surface area contributed by atoms with Gasteiger partial charge < -0.3 is 10.2 Å². The van der Waals surface area contributed by atoms with Crippen LogP contribution in [-0.4, -0.2) is 22.3 Å². The molecule has 0 radical (unpaired) electrons. The summed E-state index contributed by atoms with van der Waals surface area (Å²) in [5.74, 6) is 1.72. The predicted molar refractivity (Wildman–Crippen MR) is 144 cm³/mol. The molecule has 4 aliphatic rings.